The van der Waals surface area contributed by atoms with E-state index in [9.17, 15) is 4.79 Å². The summed E-state index contributed by atoms with van der Waals surface area (Å²) in [5, 5.41) is 9.58. The number of nitrogens with zero attached hydrogens (tertiary/aromatic N) is 3. The zero-order valence-electron chi connectivity index (χ0n) is 15.6. The SMILES string of the molecule is Cc1cc(C)n(-c2ccc(C(=O)NCC(c3cccs3)N(C)C)cc2)n1. The molecule has 1 unspecified atom stereocenters. The highest BCUT2D eigenvalue weighted by atomic mass is 32.1. The van der Waals surface area contributed by atoms with Crippen molar-refractivity contribution in [3.8, 4) is 5.69 Å². The second-order valence-corrected chi connectivity index (χ2v) is 7.57. The molecular formula is C20H24N4OS. The summed E-state index contributed by atoms with van der Waals surface area (Å²) in [6.07, 6.45) is 0. The number of likely N-dealkylation sites (N-methyl/N-ethyl adjacent to an activating group) is 1. The van der Waals surface area contributed by atoms with Gasteiger partial charge in [0.25, 0.3) is 5.91 Å². The van der Waals surface area contributed by atoms with Crippen LogP contribution in [0.25, 0.3) is 5.69 Å². The summed E-state index contributed by atoms with van der Waals surface area (Å²) < 4.78 is 1.88. The van der Waals surface area contributed by atoms with Gasteiger partial charge in [0, 0.05) is 22.7 Å². The average Bonchev–Trinajstić information content (AvgIpc) is 3.24. The van der Waals surface area contributed by atoms with Gasteiger partial charge in [0.05, 0.1) is 17.4 Å². The third-order valence-electron chi connectivity index (χ3n) is 4.33. The summed E-state index contributed by atoms with van der Waals surface area (Å²) >= 11 is 1.71. The van der Waals surface area contributed by atoms with Crippen molar-refractivity contribution in [2.45, 2.75) is 19.9 Å². The molecule has 0 saturated heterocycles. The van der Waals surface area contributed by atoms with Gasteiger partial charge in [0.15, 0.2) is 0 Å². The number of hydrogen-bond acceptors (Lipinski definition) is 4. The van der Waals surface area contributed by atoms with E-state index < -0.39 is 0 Å². The number of carbonyl (C=O) groups is 1. The van der Waals surface area contributed by atoms with Crippen molar-refractivity contribution >= 4 is 17.2 Å². The Kier molecular flexibility index (Phi) is 5.54. The summed E-state index contributed by atoms with van der Waals surface area (Å²) in [6.45, 7) is 4.57. The maximum atomic E-state index is 12.5. The Bertz CT molecular complexity index is 866. The van der Waals surface area contributed by atoms with Crippen molar-refractivity contribution in [2.24, 2.45) is 0 Å². The minimum Gasteiger partial charge on any atom is -0.350 e. The van der Waals surface area contributed by atoms with E-state index in [-0.39, 0.29) is 11.9 Å². The van der Waals surface area contributed by atoms with Gasteiger partial charge in [0.1, 0.15) is 0 Å². The molecular weight excluding hydrogens is 344 g/mol. The predicted octanol–water partition coefficient (Wildman–Crippen LogP) is 3.58. The van der Waals surface area contributed by atoms with E-state index in [1.54, 1.807) is 11.3 Å². The fraction of sp³-hybridized carbons (Fsp3) is 0.300. The quantitative estimate of drug-likeness (QED) is 0.723. The normalized spacial score (nSPS) is 12.3. The lowest BCUT2D eigenvalue weighted by Crippen LogP contribution is -2.34. The molecule has 1 N–H and O–H groups in total. The standard InChI is InChI=1S/C20H24N4OS/c1-14-12-15(2)24(22-14)17-9-7-16(8-10-17)20(25)21-13-18(23(3)4)19-6-5-11-26-19/h5-12,18H,13H2,1-4H3,(H,21,25). The molecule has 6 heteroatoms. The number of aromatic nitrogens is 2. The van der Waals surface area contributed by atoms with Crippen LogP contribution >= 0.6 is 11.3 Å². The Morgan fingerprint density at radius 1 is 1.23 bits per heavy atom. The van der Waals surface area contributed by atoms with E-state index in [0.29, 0.717) is 12.1 Å². The van der Waals surface area contributed by atoms with Gasteiger partial charge in [-0.05, 0) is 69.7 Å². The summed E-state index contributed by atoms with van der Waals surface area (Å²) in [7, 11) is 4.06. The molecule has 0 bridgehead atoms. The third-order valence-corrected chi connectivity index (χ3v) is 5.31. The Morgan fingerprint density at radius 2 is 1.96 bits per heavy atom. The molecule has 0 aliphatic heterocycles. The van der Waals surface area contributed by atoms with Crippen LogP contribution in [0.2, 0.25) is 0 Å². The van der Waals surface area contributed by atoms with E-state index >= 15 is 0 Å². The van der Waals surface area contributed by atoms with Crippen LogP contribution in [-0.4, -0.2) is 41.2 Å². The molecule has 2 aromatic heterocycles. The largest absolute Gasteiger partial charge is 0.350 e. The van der Waals surface area contributed by atoms with Gasteiger partial charge < -0.3 is 10.2 Å². The number of amides is 1. The predicted molar refractivity (Wildman–Crippen MR) is 106 cm³/mol. The lowest BCUT2D eigenvalue weighted by atomic mass is 10.1. The van der Waals surface area contributed by atoms with Gasteiger partial charge in [-0.2, -0.15) is 5.10 Å². The van der Waals surface area contributed by atoms with Crippen LogP contribution in [0.15, 0.2) is 47.8 Å². The molecule has 0 radical (unpaired) electrons. The molecule has 3 aromatic rings. The van der Waals surface area contributed by atoms with Crippen LogP contribution in [0.4, 0.5) is 0 Å². The first kappa shape index (κ1) is 18.4. The first-order valence-corrected chi connectivity index (χ1v) is 9.45. The molecule has 1 atom stereocenters. The van der Waals surface area contributed by atoms with E-state index in [2.05, 4.69) is 26.8 Å². The number of carbonyl (C=O) groups excluding carboxylic acids is 1. The first-order chi connectivity index (χ1) is 12.5. The fourth-order valence-electron chi connectivity index (χ4n) is 2.95. The molecule has 0 aliphatic rings. The first-order valence-electron chi connectivity index (χ1n) is 8.57. The average molecular weight is 369 g/mol. The van der Waals surface area contributed by atoms with Gasteiger partial charge in [-0.1, -0.05) is 6.07 Å². The molecule has 0 aliphatic carbocycles. The minimum absolute atomic E-state index is 0.0617. The Labute approximate surface area is 158 Å². The molecule has 0 saturated carbocycles. The summed E-state index contributed by atoms with van der Waals surface area (Å²) in [5.41, 5.74) is 3.66. The molecule has 3 rings (SSSR count). The molecule has 136 valence electrons. The van der Waals surface area contributed by atoms with Gasteiger partial charge in [-0.15, -0.1) is 11.3 Å². The van der Waals surface area contributed by atoms with Crippen LogP contribution < -0.4 is 5.32 Å². The van der Waals surface area contributed by atoms with E-state index in [1.807, 2.05) is 69.0 Å². The zero-order chi connectivity index (χ0) is 18.7. The van der Waals surface area contributed by atoms with Crippen molar-refractivity contribution in [3.63, 3.8) is 0 Å². The van der Waals surface area contributed by atoms with Crippen LogP contribution in [0.5, 0.6) is 0 Å². The van der Waals surface area contributed by atoms with Crippen LogP contribution in [0, 0.1) is 13.8 Å². The zero-order valence-corrected chi connectivity index (χ0v) is 16.4. The monoisotopic (exact) mass is 368 g/mol. The molecule has 2 heterocycles. The van der Waals surface area contributed by atoms with Crippen LogP contribution in [-0.2, 0) is 0 Å². The van der Waals surface area contributed by atoms with Gasteiger partial charge in [-0.3, -0.25) is 4.79 Å². The lowest BCUT2D eigenvalue weighted by Gasteiger charge is -2.23. The van der Waals surface area contributed by atoms with Crippen LogP contribution in [0.1, 0.15) is 32.7 Å². The van der Waals surface area contributed by atoms with Crippen molar-refractivity contribution in [2.75, 3.05) is 20.6 Å². The summed E-state index contributed by atoms with van der Waals surface area (Å²) in [5.74, 6) is -0.0617. The minimum atomic E-state index is -0.0617. The summed E-state index contributed by atoms with van der Waals surface area (Å²) in [4.78, 5) is 15.9. The maximum Gasteiger partial charge on any atom is 0.251 e. The maximum absolute atomic E-state index is 12.5. The highest BCUT2D eigenvalue weighted by Gasteiger charge is 2.17. The number of rotatable bonds is 6. The number of thiophene rings is 1. The van der Waals surface area contributed by atoms with E-state index in [0.717, 1.165) is 17.1 Å². The Morgan fingerprint density at radius 3 is 2.50 bits per heavy atom. The molecule has 0 spiro atoms. The number of nitrogens with one attached hydrogen (secondary N) is 1. The van der Waals surface area contributed by atoms with Crippen molar-refractivity contribution in [1.82, 2.24) is 20.0 Å². The second kappa shape index (κ2) is 7.85. The number of hydrogen-bond donors (Lipinski definition) is 1. The fourth-order valence-corrected chi connectivity index (χ4v) is 3.88. The van der Waals surface area contributed by atoms with Crippen molar-refractivity contribution in [3.05, 3.63) is 69.7 Å². The van der Waals surface area contributed by atoms with E-state index in [4.69, 9.17) is 0 Å². The molecule has 5 nitrogen and oxygen atoms in total. The van der Waals surface area contributed by atoms with Gasteiger partial charge in [-0.25, -0.2) is 4.68 Å². The second-order valence-electron chi connectivity index (χ2n) is 6.59. The van der Waals surface area contributed by atoms with Crippen molar-refractivity contribution < 1.29 is 4.79 Å². The highest BCUT2D eigenvalue weighted by molar-refractivity contribution is 7.10. The number of benzene rings is 1. The Balaban J connectivity index is 1.67. The number of aryl methyl sites for hydroxylation is 2. The molecule has 1 aromatic carbocycles. The topological polar surface area (TPSA) is 50.2 Å². The van der Waals surface area contributed by atoms with Crippen molar-refractivity contribution in [1.29, 1.82) is 0 Å². The van der Waals surface area contributed by atoms with E-state index in [1.165, 1.54) is 4.88 Å². The molecule has 0 fully saturated rings. The lowest BCUT2D eigenvalue weighted by molar-refractivity contribution is 0.0942. The molecule has 26 heavy (non-hydrogen) atoms. The van der Waals surface area contributed by atoms with Crippen LogP contribution in [0.3, 0.4) is 0 Å². The summed E-state index contributed by atoms with van der Waals surface area (Å²) in [6, 6.07) is 13.9. The highest BCUT2D eigenvalue weighted by Crippen LogP contribution is 2.22. The smallest absolute Gasteiger partial charge is 0.251 e. The third kappa shape index (κ3) is 4.03. The molecule has 1 amide bonds. The Hall–Kier alpha value is -2.44. The van der Waals surface area contributed by atoms with Gasteiger partial charge >= 0.3 is 0 Å². The van der Waals surface area contributed by atoms with Gasteiger partial charge in [0.2, 0.25) is 0 Å².